The number of fused-ring (bicyclic) bond motifs is 3. The van der Waals surface area contributed by atoms with Crippen LogP contribution in [0.15, 0.2) is 29.4 Å². The van der Waals surface area contributed by atoms with E-state index in [-0.39, 0.29) is 16.8 Å². The van der Waals surface area contributed by atoms with Gasteiger partial charge in [-0.15, -0.1) is 0 Å². The molecule has 9 nitrogen and oxygen atoms in total. The average molecular weight is 459 g/mol. The third-order valence-electron chi connectivity index (χ3n) is 6.68. The molecule has 10 heteroatoms. The van der Waals surface area contributed by atoms with Crippen molar-refractivity contribution in [1.82, 2.24) is 24.6 Å². The monoisotopic (exact) mass is 458 g/mol. The number of primary amides is 1. The van der Waals surface area contributed by atoms with Gasteiger partial charge in [-0.25, -0.2) is 23.1 Å². The second-order valence-electron chi connectivity index (χ2n) is 9.17. The lowest BCUT2D eigenvalue weighted by molar-refractivity contribution is -0.106. The van der Waals surface area contributed by atoms with Crippen molar-refractivity contribution in [2.75, 3.05) is 13.6 Å². The molecule has 1 saturated heterocycles. The molecule has 3 heterocycles. The predicted molar refractivity (Wildman–Crippen MR) is 124 cm³/mol. The average Bonchev–Trinajstić information content (AvgIpc) is 3.33. The van der Waals surface area contributed by atoms with Crippen molar-refractivity contribution in [2.24, 2.45) is 5.73 Å². The fourth-order valence-corrected chi connectivity index (χ4v) is 5.91. The van der Waals surface area contributed by atoms with Gasteiger partial charge in [0.2, 0.25) is 16.4 Å². The smallest absolute Gasteiger partial charge is 0.241 e. The van der Waals surface area contributed by atoms with Gasteiger partial charge >= 0.3 is 0 Å². The van der Waals surface area contributed by atoms with Crippen LogP contribution >= 0.6 is 0 Å². The lowest BCUT2D eigenvalue weighted by atomic mass is 9.87. The Kier molecular flexibility index (Phi) is 5.95. The third-order valence-corrected chi connectivity index (χ3v) is 8.31. The fourth-order valence-electron chi connectivity index (χ4n) is 4.42. The summed E-state index contributed by atoms with van der Waals surface area (Å²) in [4.78, 5) is 23.7. The molecule has 1 amide bonds. The van der Waals surface area contributed by atoms with E-state index in [2.05, 4.69) is 44.3 Å². The van der Waals surface area contributed by atoms with E-state index in [0.717, 1.165) is 59.9 Å². The molecule has 2 aromatic heterocycles. The number of sulfonamides is 1. The number of carbonyl (C=O) groups is 1. The van der Waals surface area contributed by atoms with Crippen LogP contribution in [0.5, 0.6) is 0 Å². The minimum atomic E-state index is -3.54. The number of amides is 1. The number of rotatable bonds is 4. The summed E-state index contributed by atoms with van der Waals surface area (Å²) in [7, 11) is -1.37. The summed E-state index contributed by atoms with van der Waals surface area (Å²) in [6, 6.07) is 5.81. The Morgan fingerprint density at radius 2 is 2.03 bits per heavy atom. The molecule has 4 N–H and O–H groups in total. The second kappa shape index (κ2) is 8.42. The number of H-pyrrole nitrogens is 1. The molecule has 2 aliphatic rings. The van der Waals surface area contributed by atoms with Crippen LogP contribution in [0.4, 0.5) is 0 Å². The first-order chi connectivity index (χ1) is 15.2. The highest BCUT2D eigenvalue weighted by Gasteiger charge is 2.41. The van der Waals surface area contributed by atoms with Crippen molar-refractivity contribution >= 4 is 38.4 Å². The second-order valence-corrected chi connectivity index (χ2v) is 10.9. The molecule has 0 spiro atoms. The number of hydrogen-bond acceptors (Lipinski definition) is 6. The third kappa shape index (κ3) is 4.35. The SMILES string of the molecule is CC1CC(c2ncnc3[nH]c4cc(S(=O)(=O)NC5(C)CC5)ccc4c23)CCN1C.NC=O. The Hall–Kier alpha value is -2.56. The summed E-state index contributed by atoms with van der Waals surface area (Å²) >= 11 is 0. The van der Waals surface area contributed by atoms with Gasteiger partial charge < -0.3 is 15.6 Å². The van der Waals surface area contributed by atoms with Crippen LogP contribution in [-0.4, -0.2) is 59.9 Å². The number of carbonyl (C=O) groups excluding carboxylic acids is 1. The summed E-state index contributed by atoms with van der Waals surface area (Å²) in [5.74, 6) is 0.380. The molecular weight excluding hydrogens is 428 g/mol. The van der Waals surface area contributed by atoms with E-state index in [0.29, 0.717) is 12.0 Å². The van der Waals surface area contributed by atoms with Crippen LogP contribution in [0.25, 0.3) is 21.9 Å². The molecule has 0 radical (unpaired) electrons. The molecular formula is C22H30N6O3S. The summed E-state index contributed by atoms with van der Waals surface area (Å²) in [6.07, 6.45) is 5.76. The molecule has 5 rings (SSSR count). The highest BCUT2D eigenvalue weighted by Crippen LogP contribution is 2.38. The zero-order valence-electron chi connectivity index (χ0n) is 18.6. The zero-order chi connectivity index (χ0) is 23.1. The van der Waals surface area contributed by atoms with E-state index in [1.54, 1.807) is 18.5 Å². The van der Waals surface area contributed by atoms with Gasteiger partial charge in [-0.3, -0.25) is 4.79 Å². The van der Waals surface area contributed by atoms with E-state index in [1.807, 2.05) is 13.0 Å². The van der Waals surface area contributed by atoms with Gasteiger partial charge in [0.1, 0.15) is 12.0 Å². The highest BCUT2D eigenvalue weighted by molar-refractivity contribution is 7.89. The zero-order valence-corrected chi connectivity index (χ0v) is 19.4. The number of aromatic amines is 1. The molecule has 172 valence electrons. The van der Waals surface area contributed by atoms with Crippen molar-refractivity contribution in [2.45, 2.75) is 61.9 Å². The van der Waals surface area contributed by atoms with Gasteiger partial charge in [-0.2, -0.15) is 0 Å². The molecule has 3 aromatic rings. The van der Waals surface area contributed by atoms with Crippen LogP contribution in [0.2, 0.25) is 0 Å². The molecule has 32 heavy (non-hydrogen) atoms. The Labute approximate surface area is 187 Å². The van der Waals surface area contributed by atoms with Crippen molar-refractivity contribution < 1.29 is 13.2 Å². The van der Waals surface area contributed by atoms with E-state index in [1.165, 1.54) is 0 Å². The number of nitrogens with one attached hydrogen (secondary N) is 2. The van der Waals surface area contributed by atoms with Crippen LogP contribution in [-0.2, 0) is 14.8 Å². The van der Waals surface area contributed by atoms with E-state index in [9.17, 15) is 8.42 Å². The maximum atomic E-state index is 12.8. The van der Waals surface area contributed by atoms with Gasteiger partial charge in [0.05, 0.1) is 10.6 Å². The van der Waals surface area contributed by atoms with Crippen LogP contribution in [0.1, 0.15) is 51.1 Å². The Balaban J connectivity index is 0.000000775. The standard InChI is InChI=1S/C21H27N5O2S.CH3NO/c1-13-10-14(6-9-26(13)3)19-18-16-5-4-15(29(27,28)25-21(2)7-8-21)11-17(16)24-20(18)23-12-22-19;2-1-3/h4-5,11-14,25H,6-10H2,1-3H3,(H,22,23,24);1H,(H2,2,3). The molecule has 2 unspecified atom stereocenters. The van der Waals surface area contributed by atoms with Gasteiger partial charge in [-0.1, -0.05) is 6.07 Å². The number of hydrogen-bond donors (Lipinski definition) is 3. The van der Waals surface area contributed by atoms with Crippen molar-refractivity contribution in [1.29, 1.82) is 0 Å². The summed E-state index contributed by atoms with van der Waals surface area (Å²) < 4.78 is 28.4. The van der Waals surface area contributed by atoms with E-state index in [4.69, 9.17) is 4.79 Å². The normalized spacial score (nSPS) is 23.0. The Morgan fingerprint density at radius 1 is 1.31 bits per heavy atom. The number of aromatic nitrogens is 3. The molecule has 1 aliphatic carbocycles. The number of likely N-dealkylation sites (tertiary alicyclic amines) is 1. The topological polar surface area (TPSA) is 134 Å². The number of nitrogens with two attached hydrogens (primary N) is 1. The van der Waals surface area contributed by atoms with Crippen molar-refractivity contribution in [3.05, 3.63) is 30.2 Å². The van der Waals surface area contributed by atoms with Crippen LogP contribution in [0.3, 0.4) is 0 Å². The van der Waals surface area contributed by atoms with Crippen molar-refractivity contribution in [3.8, 4) is 0 Å². The van der Waals surface area contributed by atoms with Gasteiger partial charge in [0, 0.05) is 33.8 Å². The lowest BCUT2D eigenvalue weighted by Crippen LogP contribution is -2.37. The molecule has 0 bridgehead atoms. The molecule has 2 fully saturated rings. The Bertz CT molecular complexity index is 1250. The first-order valence-corrected chi connectivity index (χ1v) is 12.3. The van der Waals surface area contributed by atoms with E-state index >= 15 is 0 Å². The summed E-state index contributed by atoms with van der Waals surface area (Å²) in [6.45, 7) is 5.24. The molecule has 1 saturated carbocycles. The number of benzene rings is 1. The molecule has 1 aromatic carbocycles. The summed E-state index contributed by atoms with van der Waals surface area (Å²) in [5.41, 5.74) is 6.50. The summed E-state index contributed by atoms with van der Waals surface area (Å²) in [5, 5.41) is 2.01. The first kappa shape index (κ1) is 22.6. The minimum Gasteiger partial charge on any atom is -0.372 e. The van der Waals surface area contributed by atoms with Gasteiger partial charge in [0.25, 0.3) is 0 Å². The number of piperidine rings is 1. The van der Waals surface area contributed by atoms with Crippen molar-refractivity contribution in [3.63, 3.8) is 0 Å². The Morgan fingerprint density at radius 3 is 2.69 bits per heavy atom. The van der Waals surface area contributed by atoms with E-state index < -0.39 is 10.0 Å². The largest absolute Gasteiger partial charge is 0.372 e. The first-order valence-electron chi connectivity index (χ1n) is 10.8. The maximum Gasteiger partial charge on any atom is 0.241 e. The predicted octanol–water partition coefficient (Wildman–Crippen LogP) is 2.24. The van der Waals surface area contributed by atoms with Crippen LogP contribution < -0.4 is 10.5 Å². The quantitative estimate of drug-likeness (QED) is 0.513. The fraction of sp³-hybridized carbons (Fsp3) is 0.500. The van der Waals surface area contributed by atoms with Crippen LogP contribution in [0, 0.1) is 0 Å². The van der Waals surface area contributed by atoms with Gasteiger partial charge in [-0.05, 0) is 65.3 Å². The van der Waals surface area contributed by atoms with Gasteiger partial charge in [0.15, 0.2) is 0 Å². The molecule has 1 aliphatic heterocycles. The minimum absolute atomic E-state index is 0.250. The highest BCUT2D eigenvalue weighted by atomic mass is 32.2. The maximum absolute atomic E-state index is 12.8. The molecule has 2 atom stereocenters. The lowest BCUT2D eigenvalue weighted by Gasteiger charge is -2.34. The number of nitrogens with zero attached hydrogens (tertiary/aromatic N) is 3.